The summed E-state index contributed by atoms with van der Waals surface area (Å²) in [6.45, 7) is 16.4. The average Bonchev–Trinajstić information content (AvgIpc) is 2.80. The van der Waals surface area contributed by atoms with Crippen LogP contribution >= 0.6 is 0 Å². The van der Waals surface area contributed by atoms with Crippen LogP contribution in [0.25, 0.3) is 0 Å². The summed E-state index contributed by atoms with van der Waals surface area (Å²) in [7, 11) is 0. The highest BCUT2D eigenvalue weighted by Gasteiger charge is 2.21. The van der Waals surface area contributed by atoms with Crippen molar-refractivity contribution in [2.75, 3.05) is 44.6 Å². The molecular weight excluding hydrogens is 364 g/mol. The highest BCUT2D eigenvalue weighted by atomic mass is 16.2. The highest BCUT2D eigenvalue weighted by Crippen LogP contribution is 2.27. The number of anilines is 1. The Morgan fingerprint density at radius 3 is 2.14 bits per heavy atom. The number of carbonyl (C=O) groups is 2. The molecule has 1 saturated heterocycles. The Balaban J connectivity index is 1.88. The number of para-hydroxylation sites is 1. The zero-order valence-corrected chi connectivity index (χ0v) is 19.0. The van der Waals surface area contributed by atoms with E-state index in [1.54, 1.807) is 0 Å². The molecule has 0 unspecified atom stereocenters. The van der Waals surface area contributed by atoms with Crippen molar-refractivity contribution in [2.45, 2.75) is 59.4 Å². The highest BCUT2D eigenvalue weighted by molar-refractivity contribution is 5.94. The third-order valence-corrected chi connectivity index (χ3v) is 5.12. The lowest BCUT2D eigenvalue weighted by Gasteiger charge is -2.25. The summed E-state index contributed by atoms with van der Waals surface area (Å²) in [5.41, 5.74) is 3.00. The molecule has 2 N–H and O–H groups in total. The van der Waals surface area contributed by atoms with Crippen molar-refractivity contribution in [2.24, 2.45) is 0 Å². The smallest absolute Gasteiger partial charge is 0.238 e. The summed E-state index contributed by atoms with van der Waals surface area (Å²) in [5.74, 6) is 0.445. The normalized spacial score (nSPS) is 16.5. The fraction of sp³-hybridized carbons (Fsp3) is 0.652. The van der Waals surface area contributed by atoms with Crippen LogP contribution in [0.5, 0.6) is 0 Å². The monoisotopic (exact) mass is 402 g/mol. The van der Waals surface area contributed by atoms with E-state index in [1.807, 2.05) is 39.8 Å². The number of rotatable bonds is 6. The maximum Gasteiger partial charge on any atom is 0.238 e. The lowest BCUT2D eigenvalue weighted by molar-refractivity contribution is -0.123. The first-order chi connectivity index (χ1) is 13.5. The molecule has 2 rings (SSSR count). The summed E-state index contributed by atoms with van der Waals surface area (Å²) in [6, 6.07) is 6.16. The van der Waals surface area contributed by atoms with Gasteiger partial charge in [0.25, 0.3) is 0 Å². The Morgan fingerprint density at radius 1 is 1.00 bits per heavy atom. The minimum absolute atomic E-state index is 0.0279. The van der Waals surface area contributed by atoms with E-state index in [2.05, 4.69) is 40.3 Å². The maximum atomic E-state index is 12.7. The molecule has 6 heteroatoms. The quantitative estimate of drug-likeness (QED) is 0.768. The number of aryl methyl sites for hydroxylation is 1. The van der Waals surface area contributed by atoms with E-state index in [4.69, 9.17) is 0 Å². The van der Waals surface area contributed by atoms with Gasteiger partial charge in [-0.1, -0.05) is 32.0 Å². The van der Waals surface area contributed by atoms with Crippen LogP contribution in [-0.4, -0.2) is 66.4 Å². The molecule has 0 aromatic heterocycles. The maximum absolute atomic E-state index is 12.7. The van der Waals surface area contributed by atoms with Crippen molar-refractivity contribution in [1.82, 2.24) is 15.1 Å². The number of nitrogens with one attached hydrogen (secondary N) is 2. The SMILES string of the molecule is Cc1cccc(C(C)C)c1NC(=O)CN1CCCN(CC(=O)NC(C)(C)C)CC1. The third-order valence-electron chi connectivity index (χ3n) is 5.12. The van der Waals surface area contributed by atoms with Crippen LogP contribution in [-0.2, 0) is 9.59 Å². The van der Waals surface area contributed by atoms with E-state index < -0.39 is 0 Å². The second-order valence-corrected chi connectivity index (χ2v) is 9.45. The van der Waals surface area contributed by atoms with E-state index in [0.29, 0.717) is 19.0 Å². The van der Waals surface area contributed by atoms with Gasteiger partial charge in [-0.05, 0) is 64.3 Å². The van der Waals surface area contributed by atoms with Crippen molar-refractivity contribution in [3.8, 4) is 0 Å². The van der Waals surface area contributed by atoms with Gasteiger partial charge in [0.15, 0.2) is 0 Å². The molecule has 2 amide bonds. The van der Waals surface area contributed by atoms with E-state index in [9.17, 15) is 9.59 Å². The first-order valence-electron chi connectivity index (χ1n) is 10.7. The number of amides is 2. The fourth-order valence-corrected chi connectivity index (χ4v) is 3.73. The first-order valence-corrected chi connectivity index (χ1v) is 10.7. The molecule has 1 aliphatic rings. The van der Waals surface area contributed by atoms with Crippen LogP contribution in [0.1, 0.15) is 58.1 Å². The Bertz CT molecular complexity index is 709. The largest absolute Gasteiger partial charge is 0.350 e. The number of carbonyl (C=O) groups excluding carboxylic acids is 2. The molecule has 0 atom stereocenters. The molecular formula is C23H38N4O2. The average molecular weight is 403 g/mol. The Morgan fingerprint density at radius 2 is 1.59 bits per heavy atom. The van der Waals surface area contributed by atoms with Gasteiger partial charge in [0.05, 0.1) is 13.1 Å². The predicted molar refractivity (Wildman–Crippen MR) is 119 cm³/mol. The number of hydrogen-bond acceptors (Lipinski definition) is 4. The lowest BCUT2D eigenvalue weighted by atomic mass is 9.98. The second-order valence-electron chi connectivity index (χ2n) is 9.45. The van der Waals surface area contributed by atoms with Gasteiger partial charge >= 0.3 is 0 Å². The van der Waals surface area contributed by atoms with Crippen molar-refractivity contribution >= 4 is 17.5 Å². The molecule has 0 aliphatic carbocycles. The summed E-state index contributed by atoms with van der Waals surface area (Å²) < 4.78 is 0. The van der Waals surface area contributed by atoms with Gasteiger partial charge in [-0.3, -0.25) is 19.4 Å². The Hall–Kier alpha value is -1.92. The summed E-state index contributed by atoms with van der Waals surface area (Å²) in [6.07, 6.45) is 0.956. The summed E-state index contributed by atoms with van der Waals surface area (Å²) in [5, 5.41) is 6.16. The Kier molecular flexibility index (Phi) is 8.23. The molecule has 0 radical (unpaired) electrons. The van der Waals surface area contributed by atoms with Gasteiger partial charge in [-0.2, -0.15) is 0 Å². The minimum Gasteiger partial charge on any atom is -0.350 e. The molecule has 0 spiro atoms. The number of nitrogens with zero attached hydrogens (tertiary/aromatic N) is 2. The summed E-state index contributed by atoms with van der Waals surface area (Å²) in [4.78, 5) is 29.3. The molecule has 1 aromatic rings. The van der Waals surface area contributed by atoms with E-state index >= 15 is 0 Å². The van der Waals surface area contributed by atoms with Gasteiger partial charge < -0.3 is 10.6 Å². The summed E-state index contributed by atoms with van der Waals surface area (Å²) >= 11 is 0. The lowest BCUT2D eigenvalue weighted by Crippen LogP contribution is -2.46. The topological polar surface area (TPSA) is 64.7 Å². The second kappa shape index (κ2) is 10.2. The van der Waals surface area contributed by atoms with Gasteiger partial charge in [0, 0.05) is 24.3 Å². The van der Waals surface area contributed by atoms with Gasteiger partial charge in [-0.25, -0.2) is 0 Å². The van der Waals surface area contributed by atoms with Crippen LogP contribution in [0.4, 0.5) is 5.69 Å². The predicted octanol–water partition coefficient (Wildman–Crippen LogP) is 2.98. The zero-order chi connectivity index (χ0) is 21.6. The van der Waals surface area contributed by atoms with Crippen LogP contribution in [0.2, 0.25) is 0 Å². The Labute approximate surface area is 176 Å². The number of hydrogen-bond donors (Lipinski definition) is 2. The molecule has 1 heterocycles. The van der Waals surface area contributed by atoms with Crippen molar-refractivity contribution in [1.29, 1.82) is 0 Å². The molecule has 6 nitrogen and oxygen atoms in total. The van der Waals surface area contributed by atoms with Gasteiger partial charge in [-0.15, -0.1) is 0 Å². The van der Waals surface area contributed by atoms with Crippen LogP contribution in [0.15, 0.2) is 18.2 Å². The van der Waals surface area contributed by atoms with E-state index in [0.717, 1.165) is 43.9 Å². The first kappa shape index (κ1) is 23.4. The van der Waals surface area contributed by atoms with Crippen molar-refractivity contribution in [3.63, 3.8) is 0 Å². The molecule has 1 fully saturated rings. The standard InChI is InChI=1S/C23H38N4O2/c1-17(2)19-10-7-9-18(3)22(19)24-20(28)15-26-11-8-12-27(14-13-26)16-21(29)25-23(4,5)6/h7,9-10,17H,8,11-16H2,1-6H3,(H,24,28)(H,25,29). The van der Waals surface area contributed by atoms with Crippen molar-refractivity contribution < 1.29 is 9.59 Å². The van der Waals surface area contributed by atoms with Gasteiger partial charge in [0.2, 0.25) is 11.8 Å². The molecule has 0 saturated carbocycles. The third kappa shape index (κ3) is 7.78. The van der Waals surface area contributed by atoms with Crippen LogP contribution in [0.3, 0.4) is 0 Å². The van der Waals surface area contributed by atoms with Crippen LogP contribution < -0.4 is 10.6 Å². The van der Waals surface area contributed by atoms with E-state index in [-0.39, 0.29) is 17.4 Å². The molecule has 0 bridgehead atoms. The molecule has 1 aromatic carbocycles. The minimum atomic E-state index is -0.211. The molecule has 1 aliphatic heterocycles. The van der Waals surface area contributed by atoms with Gasteiger partial charge in [0.1, 0.15) is 0 Å². The van der Waals surface area contributed by atoms with E-state index in [1.165, 1.54) is 5.56 Å². The molecule has 162 valence electrons. The van der Waals surface area contributed by atoms with Crippen molar-refractivity contribution in [3.05, 3.63) is 29.3 Å². The zero-order valence-electron chi connectivity index (χ0n) is 19.0. The number of benzene rings is 1. The molecule has 29 heavy (non-hydrogen) atoms. The van der Waals surface area contributed by atoms with Crippen LogP contribution in [0, 0.1) is 6.92 Å². The fourth-order valence-electron chi connectivity index (χ4n) is 3.73.